The van der Waals surface area contributed by atoms with Crippen LogP contribution in [0.15, 0.2) is 48.5 Å². The molecule has 4 heteroatoms. The molecule has 1 N–H and O–H groups in total. The normalized spacial score (nSPS) is 10.3. The van der Waals surface area contributed by atoms with E-state index < -0.39 is 0 Å². The van der Waals surface area contributed by atoms with Gasteiger partial charge in [-0.1, -0.05) is 35.9 Å². The fraction of sp³-hybridized carbons (Fsp3) is 0.0588. The molecule has 21 heavy (non-hydrogen) atoms. The predicted molar refractivity (Wildman–Crippen MR) is 85.9 cm³/mol. The summed E-state index contributed by atoms with van der Waals surface area (Å²) >= 11 is 6.12. The Morgan fingerprint density at radius 3 is 2.76 bits per heavy atom. The second kappa shape index (κ2) is 5.43. The lowest BCUT2D eigenvalue weighted by molar-refractivity contribution is 1.32. The van der Waals surface area contributed by atoms with Crippen molar-refractivity contribution in [3.05, 3.63) is 64.7 Å². The van der Waals surface area contributed by atoms with Crippen molar-refractivity contribution in [3.63, 3.8) is 0 Å². The lowest BCUT2D eigenvalue weighted by atomic mass is 10.1. The molecule has 0 aliphatic heterocycles. The molecule has 0 spiro atoms. The zero-order chi connectivity index (χ0) is 14.8. The molecule has 3 nitrogen and oxygen atoms in total. The van der Waals surface area contributed by atoms with Crippen molar-refractivity contribution in [2.45, 2.75) is 6.92 Å². The van der Waals surface area contributed by atoms with Crippen molar-refractivity contribution in [1.29, 1.82) is 5.26 Å². The van der Waals surface area contributed by atoms with Crippen molar-refractivity contribution < 1.29 is 0 Å². The van der Waals surface area contributed by atoms with Crippen LogP contribution in [0.5, 0.6) is 0 Å². The Kier molecular flexibility index (Phi) is 3.47. The summed E-state index contributed by atoms with van der Waals surface area (Å²) in [5.74, 6) is 0.543. The van der Waals surface area contributed by atoms with Crippen LogP contribution in [0.25, 0.3) is 10.9 Å². The van der Waals surface area contributed by atoms with Gasteiger partial charge in [-0.25, -0.2) is 4.98 Å². The third-order valence-corrected chi connectivity index (χ3v) is 3.77. The molecule has 0 saturated carbocycles. The van der Waals surface area contributed by atoms with Gasteiger partial charge in [-0.15, -0.1) is 0 Å². The number of nitriles is 1. The first-order valence-corrected chi connectivity index (χ1v) is 6.89. The second-order valence-corrected chi connectivity index (χ2v) is 5.13. The van der Waals surface area contributed by atoms with Crippen LogP contribution < -0.4 is 5.32 Å². The highest BCUT2D eigenvalue weighted by Gasteiger charge is 2.09. The quantitative estimate of drug-likeness (QED) is 0.737. The molecule has 0 atom stereocenters. The van der Waals surface area contributed by atoms with E-state index in [9.17, 15) is 5.26 Å². The summed E-state index contributed by atoms with van der Waals surface area (Å²) in [6.45, 7) is 1.93. The predicted octanol–water partition coefficient (Wildman–Crippen LogP) is 4.81. The van der Waals surface area contributed by atoms with Gasteiger partial charge in [0.2, 0.25) is 0 Å². The van der Waals surface area contributed by atoms with Crippen molar-refractivity contribution in [3.8, 4) is 6.07 Å². The average Bonchev–Trinajstić information content (AvgIpc) is 2.51. The highest BCUT2D eigenvalue weighted by Crippen LogP contribution is 2.28. The van der Waals surface area contributed by atoms with Gasteiger partial charge in [0, 0.05) is 16.1 Å². The van der Waals surface area contributed by atoms with Crippen molar-refractivity contribution in [1.82, 2.24) is 4.98 Å². The SMILES string of the molecule is Cc1c(Cl)cccc1Nc1nc2ccccc2cc1C#N. The zero-order valence-corrected chi connectivity index (χ0v) is 12.1. The van der Waals surface area contributed by atoms with E-state index in [1.165, 1.54) is 0 Å². The van der Waals surface area contributed by atoms with Gasteiger partial charge in [0.1, 0.15) is 11.9 Å². The first kappa shape index (κ1) is 13.4. The third-order valence-electron chi connectivity index (χ3n) is 3.37. The number of benzene rings is 2. The summed E-state index contributed by atoms with van der Waals surface area (Å²) in [6, 6.07) is 17.4. The second-order valence-electron chi connectivity index (χ2n) is 4.73. The number of hydrogen-bond acceptors (Lipinski definition) is 3. The maximum absolute atomic E-state index is 9.32. The number of nitrogens with one attached hydrogen (secondary N) is 1. The Morgan fingerprint density at radius 1 is 1.14 bits per heavy atom. The molecule has 0 saturated heterocycles. The van der Waals surface area contributed by atoms with Gasteiger partial charge in [-0.3, -0.25) is 0 Å². The molecule has 0 amide bonds. The molecule has 2 aromatic carbocycles. The van der Waals surface area contributed by atoms with Gasteiger partial charge in [-0.2, -0.15) is 5.26 Å². The van der Waals surface area contributed by atoms with Crippen LogP contribution in [0.3, 0.4) is 0 Å². The minimum absolute atomic E-state index is 0.507. The molecule has 1 heterocycles. The minimum atomic E-state index is 0.507. The van der Waals surface area contributed by atoms with Gasteiger partial charge in [-0.05, 0) is 36.8 Å². The Labute approximate surface area is 127 Å². The molecular weight excluding hydrogens is 282 g/mol. The van der Waals surface area contributed by atoms with Gasteiger partial charge >= 0.3 is 0 Å². The summed E-state index contributed by atoms with van der Waals surface area (Å²) in [7, 11) is 0. The van der Waals surface area contributed by atoms with Gasteiger partial charge in [0.05, 0.1) is 11.1 Å². The summed E-state index contributed by atoms with van der Waals surface area (Å²) < 4.78 is 0. The van der Waals surface area contributed by atoms with E-state index in [1.54, 1.807) is 0 Å². The number of fused-ring (bicyclic) bond motifs is 1. The molecule has 0 unspecified atom stereocenters. The van der Waals surface area contributed by atoms with E-state index in [0.29, 0.717) is 16.4 Å². The van der Waals surface area contributed by atoms with Crippen LogP contribution in [0.4, 0.5) is 11.5 Å². The first-order chi connectivity index (χ1) is 10.2. The maximum atomic E-state index is 9.32. The number of halogens is 1. The van der Waals surface area contributed by atoms with E-state index in [4.69, 9.17) is 11.6 Å². The molecule has 0 fully saturated rings. The number of hydrogen-bond donors (Lipinski definition) is 1. The molecular formula is C17H12ClN3. The van der Waals surface area contributed by atoms with E-state index >= 15 is 0 Å². The molecule has 0 aliphatic carbocycles. The van der Waals surface area contributed by atoms with E-state index in [-0.39, 0.29) is 0 Å². The van der Waals surface area contributed by atoms with Crippen molar-refractivity contribution in [2.75, 3.05) is 5.32 Å². The Bertz CT molecular complexity index is 866. The fourth-order valence-corrected chi connectivity index (χ4v) is 2.34. The number of pyridine rings is 1. The van der Waals surface area contributed by atoms with E-state index in [0.717, 1.165) is 22.2 Å². The molecule has 0 bridgehead atoms. The summed E-state index contributed by atoms with van der Waals surface area (Å²) in [6.07, 6.45) is 0. The van der Waals surface area contributed by atoms with Crippen molar-refractivity contribution in [2.24, 2.45) is 0 Å². The number of rotatable bonds is 2. The average molecular weight is 294 g/mol. The first-order valence-electron chi connectivity index (χ1n) is 6.51. The van der Waals surface area contributed by atoms with Gasteiger partial charge < -0.3 is 5.32 Å². The minimum Gasteiger partial charge on any atom is -0.339 e. The Hall–Kier alpha value is -2.57. The Balaban J connectivity index is 2.11. The molecule has 0 radical (unpaired) electrons. The fourth-order valence-electron chi connectivity index (χ4n) is 2.17. The summed E-state index contributed by atoms with van der Waals surface area (Å²) in [5, 5.41) is 14.2. The largest absolute Gasteiger partial charge is 0.339 e. The number of para-hydroxylation sites is 1. The van der Waals surface area contributed by atoms with Crippen molar-refractivity contribution >= 4 is 34.0 Å². The van der Waals surface area contributed by atoms with Gasteiger partial charge in [0.15, 0.2) is 0 Å². The molecule has 1 aromatic heterocycles. The number of anilines is 2. The van der Waals surface area contributed by atoms with Crippen LogP contribution in [-0.2, 0) is 0 Å². The van der Waals surface area contributed by atoms with Gasteiger partial charge in [0.25, 0.3) is 0 Å². The van der Waals surface area contributed by atoms with Crippen LogP contribution in [0.2, 0.25) is 5.02 Å². The molecule has 3 rings (SSSR count). The maximum Gasteiger partial charge on any atom is 0.149 e. The zero-order valence-electron chi connectivity index (χ0n) is 11.4. The smallest absolute Gasteiger partial charge is 0.149 e. The van der Waals surface area contributed by atoms with Crippen LogP contribution in [0.1, 0.15) is 11.1 Å². The van der Waals surface area contributed by atoms with E-state index in [2.05, 4.69) is 16.4 Å². The molecule has 3 aromatic rings. The third kappa shape index (κ3) is 2.54. The molecule has 0 aliphatic rings. The summed E-state index contributed by atoms with van der Waals surface area (Å²) in [5.41, 5.74) is 3.13. The lowest BCUT2D eigenvalue weighted by Crippen LogP contribution is -1.99. The van der Waals surface area contributed by atoms with E-state index in [1.807, 2.05) is 55.5 Å². The highest BCUT2D eigenvalue weighted by molar-refractivity contribution is 6.31. The topological polar surface area (TPSA) is 48.7 Å². The summed E-state index contributed by atoms with van der Waals surface area (Å²) in [4.78, 5) is 4.54. The molecule has 102 valence electrons. The Morgan fingerprint density at radius 2 is 1.95 bits per heavy atom. The monoisotopic (exact) mass is 293 g/mol. The number of nitrogens with zero attached hydrogens (tertiary/aromatic N) is 2. The van der Waals surface area contributed by atoms with Crippen LogP contribution in [-0.4, -0.2) is 4.98 Å². The lowest BCUT2D eigenvalue weighted by Gasteiger charge is -2.12. The number of aromatic nitrogens is 1. The van der Waals surface area contributed by atoms with Crippen LogP contribution in [0, 0.1) is 18.3 Å². The standard InChI is InChI=1S/C17H12ClN3/c1-11-14(18)6-4-8-15(11)20-17-13(10-19)9-12-5-2-3-7-16(12)21-17/h2-9H,1H3,(H,20,21). The highest BCUT2D eigenvalue weighted by atomic mass is 35.5. The van der Waals surface area contributed by atoms with Crippen LogP contribution >= 0.6 is 11.6 Å².